The van der Waals surface area contributed by atoms with Gasteiger partial charge in [-0.1, -0.05) is 6.92 Å². The highest BCUT2D eigenvalue weighted by molar-refractivity contribution is 7.16. The van der Waals surface area contributed by atoms with E-state index in [1.807, 2.05) is 46.4 Å². The molecule has 3 unspecified atom stereocenters. The van der Waals surface area contributed by atoms with Crippen molar-refractivity contribution in [3.05, 3.63) is 0 Å². The normalized spacial score (nSPS) is 24.3. The first-order valence-electron chi connectivity index (χ1n) is 15.4. The fourth-order valence-corrected chi connectivity index (χ4v) is 6.62. The molecule has 6 aliphatic heterocycles. The standard InChI is InChI=1S/C11H21N2O2P.C10H18N2O2.C6H13N2P.C2H7P/c1-10(2,3)15-9(14)13-6-11(7-13)4-12(5-11)8-16;1-9(2,3)14-8(13)12-6-10(7-12)4-11-5-10;9-5-8-3-6(4-8)1-7-2-6;1-2-3/h4-8,16H2,1-3H3;11H,4-7H2,1-3H3;7H,1-5,9H2;2-3H2,1H3. The van der Waals surface area contributed by atoms with E-state index < -0.39 is 0 Å². The van der Waals surface area contributed by atoms with Crippen LogP contribution in [0.5, 0.6) is 0 Å². The molecule has 2 amide bonds. The van der Waals surface area contributed by atoms with Crippen LogP contribution < -0.4 is 10.6 Å². The summed E-state index contributed by atoms with van der Waals surface area (Å²) >= 11 is 0. The Hall–Kier alpha value is -0.330. The van der Waals surface area contributed by atoms with Gasteiger partial charge in [0.25, 0.3) is 0 Å². The van der Waals surface area contributed by atoms with Crippen LogP contribution in [0.3, 0.4) is 0 Å². The molecule has 0 aromatic rings. The first-order chi connectivity index (χ1) is 19.5. The Morgan fingerprint density at radius 1 is 0.619 bits per heavy atom. The lowest BCUT2D eigenvalue weighted by atomic mass is 9.73. The van der Waals surface area contributed by atoms with Crippen molar-refractivity contribution in [1.29, 1.82) is 0 Å². The molecule has 2 N–H and O–H groups in total. The predicted octanol–water partition coefficient (Wildman–Crippen LogP) is 2.80. The molecule has 0 radical (unpaired) electrons. The number of carbonyl (C=O) groups excluding carboxylic acids is 2. The summed E-state index contributed by atoms with van der Waals surface area (Å²) in [6, 6.07) is 0. The number of hydrogen-bond acceptors (Lipinski definition) is 8. The molecule has 0 saturated carbocycles. The molecule has 6 aliphatic rings. The second kappa shape index (κ2) is 14.4. The van der Waals surface area contributed by atoms with Gasteiger partial charge in [0.15, 0.2) is 0 Å². The van der Waals surface area contributed by atoms with E-state index in [4.69, 9.17) is 9.47 Å². The van der Waals surface area contributed by atoms with E-state index >= 15 is 0 Å². The van der Waals surface area contributed by atoms with E-state index in [0.717, 1.165) is 70.3 Å². The van der Waals surface area contributed by atoms with E-state index in [1.54, 1.807) is 4.90 Å². The summed E-state index contributed by atoms with van der Waals surface area (Å²) in [5.41, 5.74) is 0.726. The fourth-order valence-electron chi connectivity index (χ4n) is 6.11. The molecule has 244 valence electrons. The highest BCUT2D eigenvalue weighted by atomic mass is 31.0. The van der Waals surface area contributed by atoms with Gasteiger partial charge in [0, 0.05) is 107 Å². The Morgan fingerprint density at radius 2 is 0.905 bits per heavy atom. The van der Waals surface area contributed by atoms with Crippen molar-refractivity contribution in [2.75, 3.05) is 97.3 Å². The Labute approximate surface area is 262 Å². The molecule has 3 spiro atoms. The van der Waals surface area contributed by atoms with Gasteiger partial charge >= 0.3 is 12.2 Å². The van der Waals surface area contributed by atoms with Crippen molar-refractivity contribution in [3.63, 3.8) is 0 Å². The molecule has 0 aromatic heterocycles. The van der Waals surface area contributed by atoms with Crippen LogP contribution >= 0.6 is 27.7 Å². The third-order valence-corrected chi connectivity index (χ3v) is 9.19. The number of amides is 2. The van der Waals surface area contributed by atoms with Gasteiger partial charge < -0.3 is 29.9 Å². The van der Waals surface area contributed by atoms with Crippen LogP contribution in [0, 0.1) is 16.2 Å². The number of ether oxygens (including phenoxy) is 2. The minimum absolute atomic E-state index is 0.164. The Morgan fingerprint density at radius 3 is 1.17 bits per heavy atom. The first-order valence-corrected chi connectivity index (χ1v) is 17.9. The predicted molar refractivity (Wildman–Crippen MR) is 181 cm³/mol. The maximum absolute atomic E-state index is 11.7. The van der Waals surface area contributed by atoms with Gasteiger partial charge in [-0.15, -0.1) is 27.7 Å². The van der Waals surface area contributed by atoms with Crippen molar-refractivity contribution >= 4 is 39.9 Å². The lowest BCUT2D eigenvalue weighted by molar-refractivity contribution is -0.105. The van der Waals surface area contributed by atoms with E-state index in [-0.39, 0.29) is 23.4 Å². The van der Waals surface area contributed by atoms with E-state index in [2.05, 4.69) is 55.1 Å². The van der Waals surface area contributed by atoms with Crippen molar-refractivity contribution in [3.8, 4) is 0 Å². The molecule has 6 heterocycles. The smallest absolute Gasteiger partial charge is 0.410 e. The lowest BCUT2D eigenvalue weighted by Crippen LogP contribution is -2.72. The summed E-state index contributed by atoms with van der Waals surface area (Å²) in [6.07, 6.45) is 3.02. The molecule has 0 aromatic carbocycles. The molecule has 3 atom stereocenters. The number of hydrogen-bond donors (Lipinski definition) is 2. The van der Waals surface area contributed by atoms with Crippen LogP contribution in [0.15, 0.2) is 0 Å². The summed E-state index contributed by atoms with van der Waals surface area (Å²) in [5, 5.41) is 6.55. The van der Waals surface area contributed by atoms with Crippen molar-refractivity contribution < 1.29 is 19.1 Å². The highest BCUT2D eigenvalue weighted by Gasteiger charge is 2.53. The third kappa shape index (κ3) is 9.83. The van der Waals surface area contributed by atoms with Gasteiger partial charge in [0.2, 0.25) is 0 Å². The number of rotatable bonds is 2. The summed E-state index contributed by atoms with van der Waals surface area (Å²) in [6.45, 7) is 26.4. The van der Waals surface area contributed by atoms with Gasteiger partial charge in [0.05, 0.1) is 0 Å². The molecule has 6 saturated heterocycles. The van der Waals surface area contributed by atoms with Crippen LogP contribution in [0.2, 0.25) is 0 Å². The molecule has 10 nitrogen and oxygen atoms in total. The number of nitrogens with one attached hydrogen (secondary N) is 2. The average Bonchev–Trinajstić information content (AvgIpc) is 2.67. The fraction of sp³-hybridized carbons (Fsp3) is 0.931. The number of likely N-dealkylation sites (tertiary alicyclic amines) is 4. The van der Waals surface area contributed by atoms with Crippen molar-refractivity contribution in [2.45, 2.75) is 59.7 Å². The Kier molecular flexibility index (Phi) is 12.4. The van der Waals surface area contributed by atoms with Crippen molar-refractivity contribution in [1.82, 2.24) is 30.2 Å². The third-order valence-electron chi connectivity index (χ3n) is 8.16. The molecule has 42 heavy (non-hydrogen) atoms. The molecular weight excluding hydrogens is 589 g/mol. The summed E-state index contributed by atoms with van der Waals surface area (Å²) in [4.78, 5) is 31.7. The van der Waals surface area contributed by atoms with Crippen LogP contribution in [-0.4, -0.2) is 140 Å². The quantitative estimate of drug-likeness (QED) is 0.443. The maximum Gasteiger partial charge on any atom is 0.410 e. The minimum atomic E-state index is -0.383. The summed E-state index contributed by atoms with van der Waals surface area (Å²) < 4.78 is 10.6. The molecular formula is C29H59N6O4P3. The largest absolute Gasteiger partial charge is 0.444 e. The van der Waals surface area contributed by atoms with Gasteiger partial charge in [-0.05, 0) is 47.7 Å². The van der Waals surface area contributed by atoms with Crippen LogP contribution in [-0.2, 0) is 9.47 Å². The molecule has 0 aliphatic carbocycles. The number of nitrogens with zero attached hydrogens (tertiary/aromatic N) is 4. The maximum atomic E-state index is 11.7. The van der Waals surface area contributed by atoms with Gasteiger partial charge in [-0.25, -0.2) is 9.59 Å². The van der Waals surface area contributed by atoms with E-state index in [1.165, 1.54) is 32.3 Å². The topological polar surface area (TPSA) is 89.6 Å². The monoisotopic (exact) mass is 648 g/mol. The summed E-state index contributed by atoms with van der Waals surface area (Å²) in [7, 11) is 8.08. The molecule has 6 rings (SSSR count). The Balaban J connectivity index is 0.000000170. The average molecular weight is 649 g/mol. The van der Waals surface area contributed by atoms with E-state index in [9.17, 15) is 9.59 Å². The van der Waals surface area contributed by atoms with Gasteiger partial charge in [-0.2, -0.15) is 0 Å². The van der Waals surface area contributed by atoms with Gasteiger partial charge in [-0.3, -0.25) is 9.80 Å². The molecule has 13 heteroatoms. The minimum Gasteiger partial charge on any atom is -0.444 e. The first kappa shape index (κ1) is 36.1. The van der Waals surface area contributed by atoms with E-state index in [0.29, 0.717) is 10.8 Å². The van der Waals surface area contributed by atoms with Crippen LogP contribution in [0.4, 0.5) is 9.59 Å². The second-order valence-electron chi connectivity index (χ2n) is 15.1. The van der Waals surface area contributed by atoms with Crippen molar-refractivity contribution in [2.24, 2.45) is 16.2 Å². The lowest BCUT2D eigenvalue weighted by Gasteiger charge is -2.59. The zero-order valence-corrected chi connectivity index (χ0v) is 30.7. The van der Waals surface area contributed by atoms with Crippen LogP contribution in [0.1, 0.15) is 48.5 Å². The highest BCUT2D eigenvalue weighted by Crippen LogP contribution is 2.40. The zero-order valence-electron chi connectivity index (χ0n) is 27.3. The molecule has 6 fully saturated rings. The molecule has 0 bridgehead atoms. The second-order valence-corrected chi connectivity index (χ2v) is 16.7. The summed E-state index contributed by atoms with van der Waals surface area (Å²) in [5.74, 6) is 0. The van der Waals surface area contributed by atoms with Crippen LogP contribution in [0.25, 0.3) is 0 Å². The van der Waals surface area contributed by atoms with Gasteiger partial charge in [0.1, 0.15) is 11.2 Å². The SMILES string of the molecule is CC(C)(C)OC(=O)N1CC2(CN(CP)C2)C1.CC(C)(C)OC(=O)N1CC2(CNC2)C1.CCP.PCN1CC2(CNC2)C1. The number of carbonyl (C=O) groups is 2. The Bertz CT molecular complexity index is 890. The zero-order chi connectivity index (χ0) is 31.4.